The van der Waals surface area contributed by atoms with Gasteiger partial charge in [0, 0.05) is 18.2 Å². The van der Waals surface area contributed by atoms with E-state index in [1.54, 1.807) is 18.2 Å². The molecule has 0 amide bonds. The number of hydrogen-bond acceptors (Lipinski definition) is 5. The van der Waals surface area contributed by atoms with Gasteiger partial charge in [0.05, 0.1) is 0 Å². The van der Waals surface area contributed by atoms with Crippen LogP contribution in [0.1, 0.15) is 17.3 Å². The van der Waals surface area contributed by atoms with E-state index < -0.39 is 17.3 Å². The fourth-order valence-electron chi connectivity index (χ4n) is 1.29. The largest absolute Gasteiger partial charge is 0.480 e. The van der Waals surface area contributed by atoms with Gasteiger partial charge in [-0.05, 0) is 0 Å². The summed E-state index contributed by atoms with van der Waals surface area (Å²) < 4.78 is 0. The molecule has 0 aliphatic carbocycles. The highest BCUT2D eigenvalue weighted by atomic mass is 32.2. The van der Waals surface area contributed by atoms with E-state index in [2.05, 4.69) is 0 Å². The van der Waals surface area contributed by atoms with Crippen LogP contribution in [0.5, 0.6) is 0 Å². The number of rotatable bonds is 5. The predicted octanol–water partition coefficient (Wildman–Crippen LogP) is 0.931. The van der Waals surface area contributed by atoms with Gasteiger partial charge in [-0.2, -0.15) is 0 Å². The van der Waals surface area contributed by atoms with Crippen molar-refractivity contribution in [2.75, 3.05) is 5.75 Å². The number of ketones is 1. The Morgan fingerprint density at radius 3 is 2.28 bits per heavy atom. The second-order valence-corrected chi connectivity index (χ2v) is 4.90. The van der Waals surface area contributed by atoms with E-state index in [1.807, 2.05) is 0 Å². The lowest BCUT2D eigenvalue weighted by Crippen LogP contribution is -2.57. The van der Waals surface area contributed by atoms with Crippen molar-refractivity contribution in [1.82, 2.24) is 0 Å². The Balaban J connectivity index is 3.01. The van der Waals surface area contributed by atoms with E-state index in [4.69, 9.17) is 10.8 Å². The molecule has 0 radical (unpaired) electrons. The highest BCUT2D eigenvalue weighted by molar-refractivity contribution is 8.13. The number of Topliss-reactive ketones (excluding diaryl/α,β-unsaturated/α-hetero) is 1. The molecule has 0 fully saturated rings. The quantitative estimate of drug-likeness (QED) is 0.608. The average Bonchev–Trinajstić information content (AvgIpc) is 2.35. The summed E-state index contributed by atoms with van der Waals surface area (Å²) in [4.78, 5) is 34.1. The van der Waals surface area contributed by atoms with Gasteiger partial charge in [-0.3, -0.25) is 9.59 Å². The van der Waals surface area contributed by atoms with Crippen molar-refractivity contribution in [3.05, 3.63) is 35.9 Å². The molecule has 1 atom stereocenters. The Morgan fingerprint density at radius 2 is 1.83 bits per heavy atom. The van der Waals surface area contributed by atoms with E-state index in [0.717, 1.165) is 11.8 Å². The van der Waals surface area contributed by atoms with Gasteiger partial charge >= 0.3 is 5.97 Å². The van der Waals surface area contributed by atoms with Crippen LogP contribution in [0.4, 0.5) is 0 Å². The lowest BCUT2D eigenvalue weighted by atomic mass is 9.92. The molecule has 0 aliphatic heterocycles. The molecule has 0 saturated heterocycles. The summed E-state index contributed by atoms with van der Waals surface area (Å²) in [7, 11) is 0. The zero-order valence-electron chi connectivity index (χ0n) is 9.75. The molecule has 0 bridgehead atoms. The van der Waals surface area contributed by atoms with Crippen molar-refractivity contribution < 1.29 is 19.5 Å². The maximum Gasteiger partial charge on any atom is 0.332 e. The number of hydrogen-bond donors (Lipinski definition) is 2. The molecule has 0 aliphatic rings. The molecule has 1 unspecified atom stereocenters. The standard InChI is InChI=1S/C12H13NO4S/c1-8(14)18-7-12(13,11(16)17)10(15)9-5-3-2-4-6-9/h2-6H,7,13H2,1H3,(H,16,17). The molecule has 1 aromatic rings. The van der Waals surface area contributed by atoms with Crippen LogP contribution in [0.2, 0.25) is 0 Å². The molecule has 0 spiro atoms. The SMILES string of the molecule is CC(=O)SCC(N)(C(=O)O)C(=O)c1ccccc1. The second-order valence-electron chi connectivity index (χ2n) is 3.75. The minimum Gasteiger partial charge on any atom is -0.480 e. The molecule has 1 rings (SSSR count). The highest BCUT2D eigenvalue weighted by Gasteiger charge is 2.42. The summed E-state index contributed by atoms with van der Waals surface area (Å²) in [5, 5.41) is 8.82. The maximum atomic E-state index is 12.1. The number of benzene rings is 1. The van der Waals surface area contributed by atoms with Crippen molar-refractivity contribution in [3.63, 3.8) is 0 Å². The zero-order valence-corrected chi connectivity index (χ0v) is 10.6. The van der Waals surface area contributed by atoms with Crippen molar-refractivity contribution in [1.29, 1.82) is 0 Å². The number of nitrogens with two attached hydrogens (primary N) is 1. The predicted molar refractivity (Wildman–Crippen MR) is 68.5 cm³/mol. The Kier molecular flexibility index (Phi) is 4.63. The summed E-state index contributed by atoms with van der Waals surface area (Å²) in [6, 6.07) is 7.93. The number of thioether (sulfide) groups is 1. The first-order valence-corrected chi connectivity index (χ1v) is 6.12. The monoisotopic (exact) mass is 267 g/mol. The van der Waals surface area contributed by atoms with Crippen molar-refractivity contribution in [2.24, 2.45) is 5.73 Å². The summed E-state index contributed by atoms with van der Waals surface area (Å²) >= 11 is 0.724. The minimum absolute atomic E-state index is 0.214. The smallest absolute Gasteiger partial charge is 0.332 e. The number of carbonyl (C=O) groups excluding carboxylic acids is 2. The Labute approximate surface area is 108 Å². The third-order valence-corrected chi connectivity index (χ3v) is 3.33. The number of carboxylic acid groups (broad SMARTS) is 1. The lowest BCUT2D eigenvalue weighted by molar-refractivity contribution is -0.140. The average molecular weight is 267 g/mol. The third kappa shape index (κ3) is 3.18. The molecular formula is C12H13NO4S. The van der Waals surface area contributed by atoms with Gasteiger partial charge in [0.2, 0.25) is 0 Å². The first-order chi connectivity index (χ1) is 8.38. The van der Waals surface area contributed by atoms with Crippen molar-refractivity contribution in [3.8, 4) is 0 Å². The van der Waals surface area contributed by atoms with Crippen LogP contribution in [0.15, 0.2) is 30.3 Å². The van der Waals surface area contributed by atoms with E-state index in [9.17, 15) is 14.4 Å². The number of carboxylic acids is 1. The molecule has 96 valence electrons. The van der Waals surface area contributed by atoms with Crippen molar-refractivity contribution in [2.45, 2.75) is 12.5 Å². The molecule has 0 heterocycles. The molecule has 0 aromatic heterocycles. The molecule has 1 aromatic carbocycles. The van der Waals surface area contributed by atoms with Crippen LogP contribution in [0.25, 0.3) is 0 Å². The molecule has 3 N–H and O–H groups in total. The summed E-state index contributed by atoms with van der Waals surface area (Å²) in [6.45, 7) is 1.29. The fraction of sp³-hybridized carbons (Fsp3) is 0.250. The second kappa shape index (κ2) is 5.79. The Bertz CT molecular complexity index is 474. The lowest BCUT2D eigenvalue weighted by Gasteiger charge is -2.22. The Morgan fingerprint density at radius 1 is 1.28 bits per heavy atom. The van der Waals surface area contributed by atoms with Gasteiger partial charge in [0.15, 0.2) is 16.4 Å². The van der Waals surface area contributed by atoms with Crippen LogP contribution < -0.4 is 5.73 Å². The minimum atomic E-state index is -2.09. The van der Waals surface area contributed by atoms with Crippen LogP contribution in [-0.2, 0) is 9.59 Å². The van der Waals surface area contributed by atoms with Gasteiger partial charge in [-0.25, -0.2) is 4.79 Å². The van der Waals surface area contributed by atoms with E-state index in [0.29, 0.717) is 0 Å². The third-order valence-electron chi connectivity index (χ3n) is 2.33. The zero-order chi connectivity index (χ0) is 13.8. The first-order valence-electron chi connectivity index (χ1n) is 5.13. The van der Waals surface area contributed by atoms with Crippen LogP contribution in [0, 0.1) is 0 Å². The van der Waals surface area contributed by atoms with E-state index in [-0.39, 0.29) is 16.4 Å². The van der Waals surface area contributed by atoms with Gasteiger partial charge < -0.3 is 10.8 Å². The van der Waals surface area contributed by atoms with Crippen molar-refractivity contribution >= 4 is 28.6 Å². The van der Waals surface area contributed by atoms with E-state index >= 15 is 0 Å². The number of aliphatic carboxylic acids is 1. The summed E-state index contributed by atoms with van der Waals surface area (Å²) in [5.41, 5.74) is 3.77. The molecular weight excluding hydrogens is 254 g/mol. The maximum absolute atomic E-state index is 12.1. The normalized spacial score (nSPS) is 13.7. The van der Waals surface area contributed by atoms with Gasteiger partial charge in [-0.15, -0.1) is 0 Å². The Hall–Kier alpha value is -1.66. The summed E-state index contributed by atoms with van der Waals surface area (Å²) in [5.74, 6) is -2.43. The molecule has 18 heavy (non-hydrogen) atoms. The van der Waals surface area contributed by atoms with Gasteiger partial charge in [-0.1, -0.05) is 42.1 Å². The van der Waals surface area contributed by atoms with Crippen LogP contribution >= 0.6 is 11.8 Å². The highest BCUT2D eigenvalue weighted by Crippen LogP contribution is 2.18. The number of carbonyl (C=O) groups is 3. The summed E-state index contributed by atoms with van der Waals surface area (Å²) in [6.07, 6.45) is 0. The molecule has 6 heteroatoms. The van der Waals surface area contributed by atoms with Crippen LogP contribution in [0.3, 0.4) is 0 Å². The van der Waals surface area contributed by atoms with Gasteiger partial charge in [0.1, 0.15) is 0 Å². The van der Waals surface area contributed by atoms with Crippen LogP contribution in [-0.4, -0.2) is 33.3 Å². The first kappa shape index (κ1) is 14.4. The van der Waals surface area contributed by atoms with Gasteiger partial charge in [0.25, 0.3) is 0 Å². The fourth-order valence-corrected chi connectivity index (χ4v) is 1.97. The molecule has 0 saturated carbocycles. The topological polar surface area (TPSA) is 97.5 Å². The molecule has 5 nitrogen and oxygen atoms in total. The van der Waals surface area contributed by atoms with E-state index in [1.165, 1.54) is 19.1 Å².